The second-order valence-corrected chi connectivity index (χ2v) is 13.1. The molecule has 17 heteroatoms. The van der Waals surface area contributed by atoms with Gasteiger partial charge in [-0.2, -0.15) is 4.98 Å². The number of hydrogen-bond acceptors (Lipinski definition) is 11. The van der Waals surface area contributed by atoms with Crippen LogP contribution in [-0.4, -0.2) is 75.6 Å². The number of carbonyl (C=O) groups excluding carboxylic acids is 2. The first-order chi connectivity index (χ1) is 18.0. The number of rotatable bonds is 13. The van der Waals surface area contributed by atoms with Crippen LogP contribution in [0.15, 0.2) is 17.1 Å². The Kier molecular flexibility index (Phi) is 11.5. The van der Waals surface area contributed by atoms with Crippen molar-refractivity contribution in [1.82, 2.24) is 19.7 Å². The van der Waals surface area contributed by atoms with Gasteiger partial charge in [0.05, 0.1) is 18.8 Å². The molecule has 1 aliphatic rings. The summed E-state index contributed by atoms with van der Waals surface area (Å²) in [7, 11) is 0. The summed E-state index contributed by atoms with van der Waals surface area (Å²) in [6, 6.07) is -0.855. The van der Waals surface area contributed by atoms with Gasteiger partial charge in [-0.05, 0) is 59.4 Å². The third kappa shape index (κ3) is 8.96. The lowest BCUT2D eigenvalue weighted by atomic mass is 10.0. The normalized spacial score (nSPS) is 23.3. The summed E-state index contributed by atoms with van der Waals surface area (Å²) in [5, 5.41) is 16.1. The molecule has 0 unspecified atom stereocenters. The maximum atomic E-state index is 14.4. The maximum absolute atomic E-state index is 14.4. The van der Waals surface area contributed by atoms with Crippen molar-refractivity contribution in [3.05, 3.63) is 22.7 Å². The molecule has 1 fully saturated rings. The number of anilines is 1. The Morgan fingerprint density at radius 3 is 2.15 bits per heavy atom. The average Bonchev–Trinajstić information content (AvgIpc) is 3.14. The standard InChI is InChI=1S/C22H36F2N5O8PS/c1-11(2)35-18(31)13(5)27-38(39,28-14(6)19(32)36-12(3)4)34-10-22(20(23)24)9-15(30)17(37-22)29-8-7-16(25)26-21(29)33/h7-8,11-15,17,20,30H,9-10H2,1-6H3,(H2,25,26,33)(H2,27,28,39)/t13-,14-,15+,17+,22-/m0/s1. The minimum Gasteiger partial charge on any atom is -0.462 e. The number of hydrogen-bond donors (Lipinski definition) is 4. The zero-order chi connectivity index (χ0) is 29.7. The Labute approximate surface area is 229 Å². The Hall–Kier alpha value is -2.07. The highest BCUT2D eigenvalue weighted by molar-refractivity contribution is 8.10. The summed E-state index contributed by atoms with van der Waals surface area (Å²) in [6.45, 7) is 4.93. The van der Waals surface area contributed by atoms with Crippen molar-refractivity contribution in [2.75, 3.05) is 12.3 Å². The van der Waals surface area contributed by atoms with Crippen molar-refractivity contribution in [2.24, 2.45) is 0 Å². The Morgan fingerprint density at radius 1 is 1.21 bits per heavy atom. The van der Waals surface area contributed by atoms with Gasteiger partial charge in [-0.3, -0.25) is 14.2 Å². The lowest BCUT2D eigenvalue weighted by Gasteiger charge is -2.34. The van der Waals surface area contributed by atoms with Crippen molar-refractivity contribution in [3.8, 4) is 0 Å². The van der Waals surface area contributed by atoms with Gasteiger partial charge in [0.15, 0.2) is 18.4 Å². The van der Waals surface area contributed by atoms with Crippen molar-refractivity contribution >= 4 is 36.1 Å². The van der Waals surface area contributed by atoms with Gasteiger partial charge in [0.2, 0.25) is 0 Å². The number of alkyl halides is 2. The fourth-order valence-corrected chi connectivity index (χ4v) is 6.54. The molecule has 1 aromatic rings. The molecule has 1 aromatic heterocycles. The molecular weight excluding hydrogens is 563 g/mol. The third-order valence-corrected chi connectivity index (χ3v) is 8.29. The number of nitrogens with two attached hydrogens (primary N) is 1. The highest BCUT2D eigenvalue weighted by Crippen LogP contribution is 2.46. The second kappa shape index (κ2) is 13.5. The van der Waals surface area contributed by atoms with Crippen LogP contribution < -0.4 is 21.6 Å². The van der Waals surface area contributed by atoms with Crippen LogP contribution in [0.25, 0.3) is 0 Å². The van der Waals surface area contributed by atoms with Crippen molar-refractivity contribution < 1.29 is 42.2 Å². The number of carbonyl (C=O) groups is 2. The summed E-state index contributed by atoms with van der Waals surface area (Å²) >= 11 is 5.59. The minimum atomic E-state index is -3.65. The number of aliphatic hydroxyl groups excluding tert-OH is 1. The minimum absolute atomic E-state index is 0.0970. The van der Waals surface area contributed by atoms with Crippen LogP contribution in [0, 0.1) is 0 Å². The highest BCUT2D eigenvalue weighted by Gasteiger charge is 2.54. The van der Waals surface area contributed by atoms with Crippen LogP contribution in [0.3, 0.4) is 0 Å². The van der Waals surface area contributed by atoms with Crippen LogP contribution in [0.4, 0.5) is 14.6 Å². The van der Waals surface area contributed by atoms with Crippen LogP contribution in [0.5, 0.6) is 0 Å². The summed E-state index contributed by atoms with van der Waals surface area (Å²) in [5.41, 5.74) is 2.17. The quantitative estimate of drug-likeness (QED) is 0.188. The largest absolute Gasteiger partial charge is 0.462 e. The molecule has 2 heterocycles. The van der Waals surface area contributed by atoms with Gasteiger partial charge in [-0.1, -0.05) is 0 Å². The van der Waals surface area contributed by atoms with E-state index in [9.17, 15) is 28.3 Å². The molecule has 2 rings (SSSR count). The Morgan fingerprint density at radius 2 is 1.72 bits per heavy atom. The predicted molar refractivity (Wildman–Crippen MR) is 140 cm³/mol. The van der Waals surface area contributed by atoms with Crippen molar-refractivity contribution in [2.45, 2.75) is 96.6 Å². The molecule has 5 N–H and O–H groups in total. The van der Waals surface area contributed by atoms with Gasteiger partial charge >= 0.3 is 17.6 Å². The number of nitrogens with zero attached hydrogens (tertiary/aromatic N) is 2. The molecular formula is C22H36F2N5O8PS. The lowest BCUT2D eigenvalue weighted by molar-refractivity contribution is -0.169. The van der Waals surface area contributed by atoms with Crippen molar-refractivity contribution in [1.29, 1.82) is 0 Å². The third-order valence-electron chi connectivity index (χ3n) is 5.39. The van der Waals surface area contributed by atoms with E-state index in [0.29, 0.717) is 0 Å². The first-order valence-electron chi connectivity index (χ1n) is 12.2. The number of aromatic nitrogens is 2. The summed E-state index contributed by atoms with van der Waals surface area (Å²) in [4.78, 5) is 40.6. The molecule has 1 aliphatic heterocycles. The van der Waals surface area contributed by atoms with Crippen LogP contribution in [-0.2, 0) is 40.1 Å². The topological polar surface area (TPSA) is 176 Å². The first-order valence-corrected chi connectivity index (χ1v) is 14.9. The lowest BCUT2D eigenvalue weighted by Crippen LogP contribution is -2.46. The van der Waals surface area contributed by atoms with E-state index in [1.807, 2.05) is 0 Å². The molecule has 0 bridgehead atoms. The maximum Gasteiger partial charge on any atom is 0.351 e. The molecule has 0 radical (unpaired) electrons. The van der Waals surface area contributed by atoms with Gasteiger partial charge in [-0.15, -0.1) is 0 Å². The molecule has 0 amide bonds. The van der Waals surface area contributed by atoms with E-state index >= 15 is 0 Å². The van der Waals surface area contributed by atoms with Gasteiger partial charge in [0.25, 0.3) is 6.43 Å². The van der Waals surface area contributed by atoms with Crippen molar-refractivity contribution in [3.63, 3.8) is 0 Å². The number of halogens is 2. The van der Waals surface area contributed by atoms with E-state index in [4.69, 9.17) is 36.3 Å². The highest BCUT2D eigenvalue weighted by atomic mass is 32.4. The van der Waals surface area contributed by atoms with E-state index in [2.05, 4.69) is 15.2 Å². The van der Waals surface area contributed by atoms with E-state index in [1.54, 1.807) is 27.7 Å². The zero-order valence-corrected chi connectivity index (χ0v) is 24.2. The predicted octanol–water partition coefficient (Wildman–Crippen LogP) is 1.21. The Balaban J connectivity index is 2.32. The van der Waals surface area contributed by atoms with E-state index in [1.165, 1.54) is 26.1 Å². The van der Waals surface area contributed by atoms with Crippen LogP contribution >= 0.6 is 6.57 Å². The van der Waals surface area contributed by atoms with E-state index in [0.717, 1.165) is 4.57 Å². The van der Waals surface area contributed by atoms with Gasteiger partial charge in [0.1, 0.15) is 24.0 Å². The molecule has 0 spiro atoms. The summed E-state index contributed by atoms with van der Waals surface area (Å²) < 4.78 is 51.3. The molecule has 5 atom stereocenters. The monoisotopic (exact) mass is 599 g/mol. The van der Waals surface area contributed by atoms with Gasteiger partial charge in [0, 0.05) is 12.6 Å². The molecule has 0 aliphatic carbocycles. The smallest absolute Gasteiger partial charge is 0.351 e. The Bertz CT molecular complexity index is 1090. The van der Waals surface area contributed by atoms with Crippen LogP contribution in [0.2, 0.25) is 0 Å². The fraction of sp³-hybridized carbons (Fsp3) is 0.727. The zero-order valence-electron chi connectivity index (χ0n) is 22.5. The molecule has 1 saturated heterocycles. The molecule has 222 valence electrons. The number of nitrogen functional groups attached to an aromatic ring is 1. The molecule has 13 nitrogen and oxygen atoms in total. The van der Waals surface area contributed by atoms with E-state index < -0.39 is 85.9 Å². The first kappa shape index (κ1) is 33.1. The number of ether oxygens (including phenoxy) is 3. The SMILES string of the molecule is CC(C)OC(=O)[C@H](C)NP(=S)(N[C@@H](C)C(=O)OC(C)C)OC[C@]1(C(F)F)C[C@@H](O)[C@H](n2ccc(N)nc2=O)O1. The van der Waals surface area contributed by atoms with Gasteiger partial charge < -0.3 is 29.6 Å². The van der Waals surface area contributed by atoms with Gasteiger partial charge in [-0.25, -0.2) is 23.7 Å². The number of esters is 2. The molecule has 0 saturated carbocycles. The molecule has 0 aromatic carbocycles. The average molecular weight is 600 g/mol. The molecule has 39 heavy (non-hydrogen) atoms. The number of nitrogens with one attached hydrogen (secondary N) is 2. The summed E-state index contributed by atoms with van der Waals surface area (Å²) in [5.74, 6) is -1.47. The van der Waals surface area contributed by atoms with E-state index in [-0.39, 0.29) is 5.82 Å². The second-order valence-electron chi connectivity index (χ2n) is 9.69. The fourth-order valence-electron chi connectivity index (χ4n) is 3.58. The number of aliphatic hydroxyl groups is 1. The summed E-state index contributed by atoms with van der Waals surface area (Å²) in [6.07, 6.45) is -6.58. The van der Waals surface area contributed by atoms with Crippen LogP contribution in [0.1, 0.15) is 54.2 Å².